The second-order valence-electron chi connectivity index (χ2n) is 2.79. The van der Waals surface area contributed by atoms with Crippen molar-refractivity contribution in [2.45, 2.75) is 0 Å². The van der Waals surface area contributed by atoms with Gasteiger partial charge in [-0.15, -0.1) is 0 Å². The number of nitrogen functional groups attached to an aromatic ring is 1. The van der Waals surface area contributed by atoms with Crippen molar-refractivity contribution in [1.29, 1.82) is 5.41 Å². The van der Waals surface area contributed by atoms with Crippen molar-refractivity contribution in [3.63, 3.8) is 0 Å². The maximum absolute atomic E-state index is 10.7. The molecule has 0 aliphatic carbocycles. The smallest absolute Gasteiger partial charge is 0.271 e. The van der Waals surface area contributed by atoms with Gasteiger partial charge in [-0.3, -0.25) is 15.6 Å². The van der Waals surface area contributed by atoms with Gasteiger partial charge in [0.25, 0.3) is 5.91 Å². The first-order valence-electron chi connectivity index (χ1n) is 4.20. The molecule has 0 aliphatic rings. The molecule has 80 valence electrons. The summed E-state index contributed by atoms with van der Waals surface area (Å²) in [6.07, 6.45) is 0. The normalized spacial score (nSPS) is 9.40. The molecule has 0 radical (unpaired) electrons. The van der Waals surface area contributed by atoms with Crippen molar-refractivity contribution in [2.24, 2.45) is 11.6 Å². The van der Waals surface area contributed by atoms with Gasteiger partial charge in [-0.05, 0) is 24.3 Å². The summed E-state index contributed by atoms with van der Waals surface area (Å²) in [7, 11) is 0. The fraction of sp³-hybridized carbons (Fsp3) is 0.111. The lowest BCUT2D eigenvalue weighted by Gasteiger charge is -2.05. The average Bonchev–Trinajstić information content (AvgIpc) is 2.26. The zero-order valence-electron chi connectivity index (χ0n) is 7.99. The molecule has 1 aromatic carbocycles. The van der Waals surface area contributed by atoms with Crippen molar-refractivity contribution in [1.82, 2.24) is 5.43 Å². The third-order valence-electron chi connectivity index (χ3n) is 1.70. The van der Waals surface area contributed by atoms with Crippen LogP contribution >= 0.6 is 0 Å². The Morgan fingerprint density at radius 3 is 2.47 bits per heavy atom. The largest absolute Gasteiger partial charge is 0.484 e. The minimum atomic E-state index is -0.411. The van der Waals surface area contributed by atoms with Crippen molar-refractivity contribution >= 4 is 11.7 Å². The van der Waals surface area contributed by atoms with Gasteiger partial charge in [0.1, 0.15) is 11.6 Å². The van der Waals surface area contributed by atoms with Gasteiger partial charge >= 0.3 is 0 Å². The van der Waals surface area contributed by atoms with Crippen LogP contribution in [0.2, 0.25) is 0 Å². The maximum atomic E-state index is 10.7. The minimum absolute atomic E-state index is 0.0127. The van der Waals surface area contributed by atoms with Crippen LogP contribution in [0.4, 0.5) is 0 Å². The number of carbonyl (C=O) groups is 1. The number of rotatable bonds is 4. The summed E-state index contributed by atoms with van der Waals surface area (Å²) < 4.78 is 5.09. The van der Waals surface area contributed by atoms with Crippen LogP contribution in [0.15, 0.2) is 24.3 Å². The molecule has 0 aromatic heterocycles. The van der Waals surface area contributed by atoms with Crippen LogP contribution in [0.3, 0.4) is 0 Å². The Hall–Kier alpha value is -2.08. The third-order valence-corrected chi connectivity index (χ3v) is 1.70. The van der Waals surface area contributed by atoms with E-state index in [1.165, 1.54) is 0 Å². The van der Waals surface area contributed by atoms with Gasteiger partial charge in [0.05, 0.1) is 0 Å². The van der Waals surface area contributed by atoms with Crippen LogP contribution in [-0.4, -0.2) is 18.3 Å². The topological polar surface area (TPSA) is 114 Å². The number of hydrogen-bond donors (Lipinski definition) is 4. The molecule has 1 amide bonds. The van der Waals surface area contributed by atoms with E-state index in [1.807, 2.05) is 5.43 Å². The van der Waals surface area contributed by atoms with E-state index in [-0.39, 0.29) is 12.4 Å². The van der Waals surface area contributed by atoms with Crippen LogP contribution in [0.25, 0.3) is 0 Å². The van der Waals surface area contributed by atoms with E-state index in [4.69, 9.17) is 21.7 Å². The Balaban J connectivity index is 2.57. The standard InChI is InChI=1S/C9H12N4O2/c10-9(11)6-1-3-7(4-2-6)15-5-8(14)13-12/h1-4H,5,12H2,(H3,10,11)(H,13,14). The predicted octanol–water partition coefficient (Wildman–Crippen LogP) is -0.661. The van der Waals surface area contributed by atoms with E-state index in [9.17, 15) is 4.79 Å². The van der Waals surface area contributed by atoms with Gasteiger partial charge in [-0.2, -0.15) is 0 Å². The van der Waals surface area contributed by atoms with E-state index in [0.717, 1.165) is 0 Å². The van der Waals surface area contributed by atoms with Crippen molar-refractivity contribution in [3.05, 3.63) is 29.8 Å². The van der Waals surface area contributed by atoms with Gasteiger partial charge in [-0.1, -0.05) is 0 Å². The number of nitrogens with two attached hydrogens (primary N) is 2. The molecular formula is C9H12N4O2. The Bertz CT molecular complexity index is 361. The molecule has 0 atom stereocenters. The zero-order chi connectivity index (χ0) is 11.3. The molecule has 6 N–H and O–H groups in total. The molecule has 0 aliphatic heterocycles. The van der Waals surface area contributed by atoms with Gasteiger partial charge in [0, 0.05) is 5.56 Å². The summed E-state index contributed by atoms with van der Waals surface area (Å²) in [5.41, 5.74) is 7.82. The maximum Gasteiger partial charge on any atom is 0.271 e. The molecule has 0 unspecified atom stereocenters. The molecular weight excluding hydrogens is 196 g/mol. The van der Waals surface area contributed by atoms with E-state index < -0.39 is 5.91 Å². The van der Waals surface area contributed by atoms with Gasteiger partial charge in [0.2, 0.25) is 0 Å². The van der Waals surface area contributed by atoms with Gasteiger partial charge in [-0.25, -0.2) is 5.84 Å². The summed E-state index contributed by atoms with van der Waals surface area (Å²) in [5, 5.41) is 7.16. The molecule has 1 aromatic rings. The van der Waals surface area contributed by atoms with Crippen molar-refractivity contribution < 1.29 is 9.53 Å². The molecule has 0 saturated heterocycles. The molecule has 6 nitrogen and oxygen atoms in total. The lowest BCUT2D eigenvalue weighted by Crippen LogP contribution is -2.34. The Morgan fingerprint density at radius 1 is 1.40 bits per heavy atom. The van der Waals surface area contributed by atoms with E-state index in [1.54, 1.807) is 24.3 Å². The number of benzene rings is 1. The number of hydrazine groups is 1. The number of amidine groups is 1. The van der Waals surface area contributed by atoms with Crippen LogP contribution in [-0.2, 0) is 4.79 Å². The van der Waals surface area contributed by atoms with Crippen LogP contribution in [0.1, 0.15) is 5.56 Å². The minimum Gasteiger partial charge on any atom is -0.484 e. The SMILES string of the molecule is N=C(N)c1ccc(OCC(=O)NN)cc1. The number of ether oxygens (including phenoxy) is 1. The summed E-state index contributed by atoms with van der Waals surface area (Å²) in [4.78, 5) is 10.7. The summed E-state index contributed by atoms with van der Waals surface area (Å²) in [6.45, 7) is -0.143. The van der Waals surface area contributed by atoms with E-state index in [2.05, 4.69) is 0 Å². The van der Waals surface area contributed by atoms with E-state index >= 15 is 0 Å². The first-order valence-corrected chi connectivity index (χ1v) is 4.20. The third kappa shape index (κ3) is 3.28. The lowest BCUT2D eigenvalue weighted by atomic mass is 10.2. The second-order valence-corrected chi connectivity index (χ2v) is 2.79. The molecule has 1 rings (SSSR count). The molecule has 6 heteroatoms. The van der Waals surface area contributed by atoms with Crippen LogP contribution < -0.4 is 21.7 Å². The number of amides is 1. The molecule has 0 saturated carbocycles. The molecule has 0 heterocycles. The average molecular weight is 208 g/mol. The summed E-state index contributed by atoms with van der Waals surface area (Å²) in [5.74, 6) is 4.97. The molecule has 15 heavy (non-hydrogen) atoms. The quantitative estimate of drug-likeness (QED) is 0.173. The highest BCUT2D eigenvalue weighted by molar-refractivity contribution is 5.94. The van der Waals surface area contributed by atoms with Crippen molar-refractivity contribution in [3.8, 4) is 5.75 Å². The Labute approximate surface area is 86.7 Å². The highest BCUT2D eigenvalue weighted by atomic mass is 16.5. The molecule has 0 bridgehead atoms. The van der Waals surface area contributed by atoms with Crippen molar-refractivity contribution in [2.75, 3.05) is 6.61 Å². The Kier molecular flexibility index (Phi) is 3.64. The number of nitrogens with one attached hydrogen (secondary N) is 2. The van der Waals surface area contributed by atoms with E-state index in [0.29, 0.717) is 11.3 Å². The number of carbonyl (C=O) groups excluding carboxylic acids is 1. The zero-order valence-corrected chi connectivity index (χ0v) is 7.99. The highest BCUT2D eigenvalue weighted by Crippen LogP contribution is 2.11. The van der Waals surface area contributed by atoms with Crippen LogP contribution in [0.5, 0.6) is 5.75 Å². The highest BCUT2D eigenvalue weighted by Gasteiger charge is 2.00. The first kappa shape index (κ1) is 11.0. The number of hydrogen-bond acceptors (Lipinski definition) is 4. The second kappa shape index (κ2) is 4.97. The first-order chi connectivity index (χ1) is 7.13. The fourth-order valence-electron chi connectivity index (χ4n) is 0.921. The fourth-order valence-corrected chi connectivity index (χ4v) is 0.921. The monoisotopic (exact) mass is 208 g/mol. The van der Waals surface area contributed by atoms with Gasteiger partial charge in [0.15, 0.2) is 6.61 Å². The summed E-state index contributed by atoms with van der Waals surface area (Å²) in [6, 6.07) is 6.52. The summed E-state index contributed by atoms with van der Waals surface area (Å²) >= 11 is 0. The predicted molar refractivity (Wildman–Crippen MR) is 55.3 cm³/mol. The van der Waals surface area contributed by atoms with Gasteiger partial charge < -0.3 is 10.5 Å². The lowest BCUT2D eigenvalue weighted by molar-refractivity contribution is -0.123. The molecule has 0 spiro atoms. The van der Waals surface area contributed by atoms with Crippen LogP contribution in [0, 0.1) is 5.41 Å². The Morgan fingerprint density at radius 2 is 2.00 bits per heavy atom. The molecule has 0 fully saturated rings.